The summed E-state index contributed by atoms with van der Waals surface area (Å²) in [6.07, 6.45) is 6.88. The topological polar surface area (TPSA) is 76.3 Å². The van der Waals surface area contributed by atoms with Gasteiger partial charge in [-0.1, -0.05) is 18.9 Å². The third-order valence-electron chi connectivity index (χ3n) is 6.51. The molecule has 1 aromatic rings. The molecule has 2 aliphatic heterocycles. The molecule has 3 heterocycles. The maximum Gasteiger partial charge on any atom is 0.278 e. The maximum absolute atomic E-state index is 13.2. The number of pyridine rings is 1. The first-order valence-corrected chi connectivity index (χ1v) is 12.4. The van der Waals surface area contributed by atoms with Crippen molar-refractivity contribution in [2.45, 2.75) is 44.2 Å². The van der Waals surface area contributed by atoms with E-state index in [0.717, 1.165) is 57.7 Å². The number of H-pyrrole nitrogens is 1. The molecule has 0 spiro atoms. The Balaban J connectivity index is 1.37. The molecule has 3 aliphatic rings. The molecule has 0 bridgehead atoms. The zero-order chi connectivity index (χ0) is 19.6. The van der Waals surface area contributed by atoms with E-state index in [1.54, 1.807) is 0 Å². The van der Waals surface area contributed by atoms with Crippen LogP contribution < -0.4 is 14.8 Å². The van der Waals surface area contributed by atoms with Crippen molar-refractivity contribution in [1.29, 1.82) is 0 Å². The summed E-state index contributed by atoms with van der Waals surface area (Å²) < 4.78 is 24.0. The molecule has 4 rings (SSSR count). The molecule has 154 valence electrons. The van der Waals surface area contributed by atoms with Crippen molar-refractivity contribution in [3.05, 3.63) is 24.4 Å². The monoisotopic (exact) mass is 408 g/mol. The second-order valence-corrected chi connectivity index (χ2v) is 10.7. The molecule has 8 heteroatoms. The van der Waals surface area contributed by atoms with Gasteiger partial charge in [0, 0.05) is 18.2 Å². The number of nitrogens with zero attached hydrogens (tertiary/aromatic N) is 2. The lowest BCUT2D eigenvalue weighted by Gasteiger charge is -2.35. The number of carbonyl (C=O) groups is 1. The van der Waals surface area contributed by atoms with Gasteiger partial charge in [-0.15, -0.1) is 0 Å². The minimum Gasteiger partial charge on any atom is -0.331 e. The van der Waals surface area contributed by atoms with Gasteiger partial charge in [-0.05, 0) is 25.3 Å². The van der Waals surface area contributed by atoms with Crippen LogP contribution in [0.1, 0.15) is 32.1 Å². The molecule has 1 atom stereocenters. The van der Waals surface area contributed by atoms with Crippen LogP contribution in [0.2, 0.25) is 0 Å². The number of aromatic nitrogens is 1. The second-order valence-electron chi connectivity index (χ2n) is 8.46. The summed E-state index contributed by atoms with van der Waals surface area (Å²) >= 11 is 0. The van der Waals surface area contributed by atoms with Gasteiger partial charge in [-0.2, -0.15) is 0 Å². The summed E-state index contributed by atoms with van der Waals surface area (Å²) in [4.78, 5) is 22.1. The van der Waals surface area contributed by atoms with Crippen LogP contribution in [0.3, 0.4) is 0 Å². The van der Waals surface area contributed by atoms with Crippen LogP contribution >= 0.6 is 0 Å². The van der Waals surface area contributed by atoms with Crippen molar-refractivity contribution in [1.82, 2.24) is 4.90 Å². The number of sulfone groups is 1. The van der Waals surface area contributed by atoms with Crippen LogP contribution in [0, 0.1) is 0 Å². The molecule has 1 aromatic heterocycles. The average molecular weight is 409 g/mol. The van der Waals surface area contributed by atoms with Crippen LogP contribution in [-0.4, -0.2) is 75.5 Å². The van der Waals surface area contributed by atoms with Crippen LogP contribution in [0.4, 0.5) is 5.82 Å². The van der Waals surface area contributed by atoms with E-state index in [4.69, 9.17) is 0 Å². The van der Waals surface area contributed by atoms with Gasteiger partial charge in [0.1, 0.15) is 26.2 Å². The maximum atomic E-state index is 13.2. The number of piperazine rings is 1. The number of anilines is 1. The predicted molar refractivity (Wildman–Crippen MR) is 107 cm³/mol. The summed E-state index contributed by atoms with van der Waals surface area (Å²) in [5.74, 6) is 1.66. The molecule has 1 saturated carbocycles. The summed E-state index contributed by atoms with van der Waals surface area (Å²) in [7, 11) is -2.99. The minimum absolute atomic E-state index is 0.111. The molecule has 7 nitrogen and oxygen atoms in total. The van der Waals surface area contributed by atoms with Gasteiger partial charge < -0.3 is 9.80 Å². The van der Waals surface area contributed by atoms with Gasteiger partial charge in [0.2, 0.25) is 0 Å². The lowest BCUT2D eigenvalue weighted by molar-refractivity contribution is -0.893. The van der Waals surface area contributed by atoms with Crippen molar-refractivity contribution in [3.8, 4) is 0 Å². The number of quaternary nitrogens is 1. The third-order valence-corrected chi connectivity index (χ3v) is 8.26. The van der Waals surface area contributed by atoms with Crippen molar-refractivity contribution in [2.24, 2.45) is 0 Å². The minimum atomic E-state index is -2.99. The van der Waals surface area contributed by atoms with Crippen LogP contribution in [0.15, 0.2) is 24.4 Å². The zero-order valence-electron chi connectivity index (χ0n) is 16.5. The summed E-state index contributed by atoms with van der Waals surface area (Å²) in [5.41, 5.74) is 0. The first kappa shape index (κ1) is 19.6. The van der Waals surface area contributed by atoms with E-state index >= 15 is 0 Å². The van der Waals surface area contributed by atoms with E-state index in [2.05, 4.69) is 16.0 Å². The van der Waals surface area contributed by atoms with Gasteiger partial charge in [0.05, 0.1) is 17.7 Å². The van der Waals surface area contributed by atoms with Gasteiger partial charge >= 0.3 is 0 Å². The lowest BCUT2D eigenvalue weighted by Crippen LogP contribution is -3.16. The van der Waals surface area contributed by atoms with Crippen LogP contribution in [-0.2, 0) is 14.6 Å². The van der Waals surface area contributed by atoms with Gasteiger partial charge in [-0.3, -0.25) is 9.69 Å². The fourth-order valence-corrected chi connectivity index (χ4v) is 6.72. The lowest BCUT2D eigenvalue weighted by atomic mass is 10.1. The molecule has 0 aromatic carbocycles. The predicted octanol–water partition coefficient (Wildman–Crippen LogP) is -0.836. The second kappa shape index (κ2) is 8.37. The Morgan fingerprint density at radius 3 is 2.50 bits per heavy atom. The van der Waals surface area contributed by atoms with E-state index in [9.17, 15) is 13.2 Å². The highest BCUT2D eigenvalue weighted by atomic mass is 32.2. The fraction of sp³-hybridized carbons (Fsp3) is 0.700. The quantitative estimate of drug-likeness (QED) is 0.690. The third kappa shape index (κ3) is 4.49. The van der Waals surface area contributed by atoms with E-state index in [1.165, 1.54) is 4.90 Å². The zero-order valence-corrected chi connectivity index (χ0v) is 17.3. The van der Waals surface area contributed by atoms with Crippen molar-refractivity contribution in [2.75, 3.05) is 49.1 Å². The molecule has 1 aliphatic carbocycles. The molecular formula is C20H32N4O3S+2. The number of hydrogen-bond donors (Lipinski definition) is 1. The van der Waals surface area contributed by atoms with Crippen LogP contribution in [0.25, 0.3) is 0 Å². The Bertz CT molecular complexity index is 772. The van der Waals surface area contributed by atoms with Crippen LogP contribution in [0.5, 0.6) is 0 Å². The smallest absolute Gasteiger partial charge is 0.278 e. The van der Waals surface area contributed by atoms with Crippen molar-refractivity contribution >= 4 is 21.6 Å². The normalized spacial score (nSPS) is 25.9. The Labute approximate surface area is 167 Å². The number of aromatic amines is 1. The SMILES string of the molecule is O=C(C[NH+]1CCN(c2cccc[nH+]2)CC1)N(C1CCCC1)[C@H]1CCS(=O)(=O)C1. The van der Waals surface area contributed by atoms with Crippen molar-refractivity contribution < 1.29 is 23.1 Å². The molecule has 2 N–H and O–H groups in total. The van der Waals surface area contributed by atoms with Gasteiger partial charge in [0.15, 0.2) is 16.4 Å². The van der Waals surface area contributed by atoms with Gasteiger partial charge in [0.25, 0.3) is 11.7 Å². The number of rotatable bonds is 5. The van der Waals surface area contributed by atoms with Gasteiger partial charge in [-0.25, -0.2) is 13.4 Å². The molecule has 0 unspecified atom stereocenters. The number of hydrogen-bond acceptors (Lipinski definition) is 4. The number of nitrogens with one attached hydrogen (secondary N) is 2. The number of amides is 1. The highest BCUT2D eigenvalue weighted by molar-refractivity contribution is 7.91. The Morgan fingerprint density at radius 2 is 1.89 bits per heavy atom. The highest BCUT2D eigenvalue weighted by Gasteiger charge is 2.40. The fourth-order valence-electron chi connectivity index (χ4n) is 5.01. The standard InChI is InChI=1S/C20H30N4O3S/c25-20(15-22-10-12-23(13-11-22)19-7-3-4-9-21-19)24(17-5-1-2-6-17)18-8-14-28(26,27)16-18/h3-4,7,9,17-18H,1-2,5-6,8,10-16H2/p+2/t18-/m0/s1. The molecule has 0 radical (unpaired) electrons. The molecule has 3 fully saturated rings. The molecule has 2 saturated heterocycles. The molecule has 28 heavy (non-hydrogen) atoms. The number of carbonyl (C=O) groups excluding carboxylic acids is 1. The molecular weight excluding hydrogens is 376 g/mol. The largest absolute Gasteiger partial charge is 0.331 e. The Kier molecular flexibility index (Phi) is 5.87. The Morgan fingerprint density at radius 1 is 1.14 bits per heavy atom. The van der Waals surface area contributed by atoms with E-state index < -0.39 is 9.84 Å². The summed E-state index contributed by atoms with van der Waals surface area (Å²) in [5, 5.41) is 0. The molecule has 1 amide bonds. The highest BCUT2D eigenvalue weighted by Crippen LogP contribution is 2.29. The first-order valence-electron chi connectivity index (χ1n) is 10.6. The van der Waals surface area contributed by atoms with Crippen molar-refractivity contribution in [3.63, 3.8) is 0 Å². The van der Waals surface area contributed by atoms with E-state index in [0.29, 0.717) is 13.0 Å². The summed E-state index contributed by atoms with van der Waals surface area (Å²) in [6.45, 7) is 4.18. The average Bonchev–Trinajstić information content (AvgIpc) is 3.33. The first-order chi connectivity index (χ1) is 13.5. The van der Waals surface area contributed by atoms with E-state index in [-0.39, 0.29) is 29.5 Å². The Hall–Kier alpha value is -1.67. The summed E-state index contributed by atoms with van der Waals surface area (Å²) in [6, 6.07) is 6.22. The van der Waals surface area contributed by atoms with E-state index in [1.807, 2.05) is 23.2 Å².